The minimum Gasteiger partial charge on any atom is -0.291 e. The van der Waals surface area contributed by atoms with E-state index >= 15 is 0 Å². The van der Waals surface area contributed by atoms with Crippen LogP contribution in [0.3, 0.4) is 0 Å². The fourth-order valence-corrected chi connectivity index (χ4v) is 3.61. The van der Waals surface area contributed by atoms with Gasteiger partial charge < -0.3 is 0 Å². The number of ketones is 2. The van der Waals surface area contributed by atoms with Crippen molar-refractivity contribution >= 4 is 11.6 Å². The number of carbonyl (C=O) groups excluding carboxylic acids is 2. The molecular formula is C10H12O2. The fraction of sp³-hybridized carbons (Fsp3) is 0.800. The van der Waals surface area contributed by atoms with Gasteiger partial charge in [-0.15, -0.1) is 0 Å². The van der Waals surface area contributed by atoms with Crippen molar-refractivity contribution in [3.05, 3.63) is 0 Å². The van der Waals surface area contributed by atoms with Crippen molar-refractivity contribution in [2.45, 2.75) is 25.7 Å². The Hall–Kier alpha value is -0.660. The summed E-state index contributed by atoms with van der Waals surface area (Å²) >= 11 is 0. The van der Waals surface area contributed by atoms with Gasteiger partial charge in [-0.2, -0.15) is 0 Å². The first-order chi connectivity index (χ1) is 5.79. The van der Waals surface area contributed by atoms with Gasteiger partial charge >= 0.3 is 0 Å². The lowest BCUT2D eigenvalue weighted by Crippen LogP contribution is -2.32. The van der Waals surface area contributed by atoms with E-state index in [9.17, 15) is 9.59 Å². The molecule has 64 valence electrons. The van der Waals surface area contributed by atoms with Crippen molar-refractivity contribution in [1.82, 2.24) is 0 Å². The van der Waals surface area contributed by atoms with Crippen LogP contribution >= 0.6 is 0 Å². The summed E-state index contributed by atoms with van der Waals surface area (Å²) < 4.78 is 0. The molecule has 2 nitrogen and oxygen atoms in total. The maximum atomic E-state index is 11.4. The van der Waals surface area contributed by atoms with Crippen molar-refractivity contribution < 1.29 is 9.59 Å². The van der Waals surface area contributed by atoms with Crippen LogP contribution in [0.2, 0.25) is 0 Å². The van der Waals surface area contributed by atoms with Gasteiger partial charge in [0.1, 0.15) is 0 Å². The van der Waals surface area contributed by atoms with E-state index in [0.29, 0.717) is 11.8 Å². The van der Waals surface area contributed by atoms with Crippen LogP contribution in [0.15, 0.2) is 0 Å². The Kier molecular flexibility index (Phi) is 1.12. The van der Waals surface area contributed by atoms with Crippen LogP contribution in [-0.4, -0.2) is 11.6 Å². The average Bonchev–Trinajstić information content (AvgIpc) is 2.63. The van der Waals surface area contributed by atoms with Crippen LogP contribution in [0.25, 0.3) is 0 Å². The first-order valence-electron chi connectivity index (χ1n) is 4.87. The van der Waals surface area contributed by atoms with Crippen LogP contribution in [0.1, 0.15) is 25.7 Å². The molecule has 0 N–H and O–H groups in total. The zero-order valence-corrected chi connectivity index (χ0v) is 6.95. The number of carbonyl (C=O) groups is 2. The number of Topliss-reactive ketones (excluding diaryl/α,β-unsaturated/α-hetero) is 2. The summed E-state index contributed by atoms with van der Waals surface area (Å²) in [5, 5.41) is 0. The van der Waals surface area contributed by atoms with Gasteiger partial charge in [-0.25, -0.2) is 0 Å². The monoisotopic (exact) mass is 164 g/mol. The molecule has 0 aromatic heterocycles. The first kappa shape index (κ1) is 6.81. The molecule has 0 saturated heterocycles. The summed E-state index contributed by atoms with van der Waals surface area (Å²) in [5.74, 6) is 1.41. The van der Waals surface area contributed by atoms with E-state index in [1.807, 2.05) is 0 Å². The molecule has 12 heavy (non-hydrogen) atoms. The Bertz CT molecular complexity index is 243. The van der Waals surface area contributed by atoms with Crippen LogP contribution in [0.5, 0.6) is 0 Å². The summed E-state index contributed by atoms with van der Waals surface area (Å²) in [5.41, 5.74) is 0. The summed E-state index contributed by atoms with van der Waals surface area (Å²) in [6, 6.07) is 0. The maximum absolute atomic E-state index is 11.4. The van der Waals surface area contributed by atoms with Gasteiger partial charge in [0.2, 0.25) is 11.6 Å². The number of hydrogen-bond donors (Lipinski definition) is 0. The minimum absolute atomic E-state index is 0.0387. The molecule has 3 saturated carbocycles. The zero-order valence-electron chi connectivity index (χ0n) is 6.95. The topological polar surface area (TPSA) is 34.1 Å². The predicted octanol–water partition coefficient (Wildman–Crippen LogP) is 1.19. The van der Waals surface area contributed by atoms with Crippen LogP contribution in [0.4, 0.5) is 0 Å². The average molecular weight is 164 g/mol. The van der Waals surface area contributed by atoms with Crippen molar-refractivity contribution in [2.75, 3.05) is 0 Å². The Morgan fingerprint density at radius 1 is 0.917 bits per heavy atom. The van der Waals surface area contributed by atoms with Crippen LogP contribution in [0, 0.1) is 23.7 Å². The van der Waals surface area contributed by atoms with E-state index < -0.39 is 0 Å². The van der Waals surface area contributed by atoms with Crippen molar-refractivity contribution in [3.8, 4) is 0 Å². The molecule has 3 aliphatic carbocycles. The molecule has 0 unspecified atom stereocenters. The third-order valence-corrected chi connectivity index (χ3v) is 4.08. The predicted molar refractivity (Wildman–Crippen MR) is 42.4 cm³/mol. The first-order valence-corrected chi connectivity index (χ1v) is 4.87. The van der Waals surface area contributed by atoms with Gasteiger partial charge in [-0.3, -0.25) is 9.59 Å². The normalized spacial score (nSPS) is 50.3. The molecule has 0 amide bonds. The number of fused-ring (bicyclic) bond motifs is 5. The molecule has 4 atom stereocenters. The van der Waals surface area contributed by atoms with Crippen LogP contribution < -0.4 is 0 Å². The molecule has 2 bridgehead atoms. The molecule has 3 aliphatic rings. The molecule has 0 spiro atoms. The fourth-order valence-electron chi connectivity index (χ4n) is 3.61. The second-order valence-corrected chi connectivity index (χ2v) is 4.44. The van der Waals surface area contributed by atoms with E-state index in [1.165, 1.54) is 19.3 Å². The Labute approximate surface area is 71.3 Å². The molecule has 3 fully saturated rings. The highest BCUT2D eigenvalue weighted by molar-refractivity contribution is 6.41. The minimum atomic E-state index is -0.0388. The summed E-state index contributed by atoms with van der Waals surface area (Å²) in [4.78, 5) is 22.7. The molecule has 0 radical (unpaired) electrons. The van der Waals surface area contributed by atoms with Crippen LogP contribution in [-0.2, 0) is 9.59 Å². The van der Waals surface area contributed by atoms with E-state index in [4.69, 9.17) is 0 Å². The van der Waals surface area contributed by atoms with E-state index in [1.54, 1.807) is 0 Å². The maximum Gasteiger partial charge on any atom is 0.202 e. The molecule has 0 aromatic carbocycles. The molecule has 2 heteroatoms. The third kappa shape index (κ3) is 0.584. The molecule has 0 heterocycles. The number of hydrogen-bond acceptors (Lipinski definition) is 2. The van der Waals surface area contributed by atoms with Gasteiger partial charge in [0.25, 0.3) is 0 Å². The highest BCUT2D eigenvalue weighted by Gasteiger charge is 2.58. The van der Waals surface area contributed by atoms with Gasteiger partial charge in [0, 0.05) is 11.8 Å². The quantitative estimate of drug-likeness (QED) is 0.504. The molecule has 3 rings (SSSR count). The highest BCUT2D eigenvalue weighted by atomic mass is 16.2. The van der Waals surface area contributed by atoms with Crippen molar-refractivity contribution in [2.24, 2.45) is 23.7 Å². The van der Waals surface area contributed by atoms with Crippen molar-refractivity contribution in [1.29, 1.82) is 0 Å². The summed E-state index contributed by atoms with van der Waals surface area (Å²) in [6.07, 6.45) is 4.53. The lowest BCUT2D eigenvalue weighted by Gasteiger charge is -2.21. The second kappa shape index (κ2) is 1.98. The molecular weight excluding hydrogens is 152 g/mol. The Morgan fingerprint density at radius 2 is 1.42 bits per heavy atom. The van der Waals surface area contributed by atoms with Crippen molar-refractivity contribution in [3.63, 3.8) is 0 Å². The van der Waals surface area contributed by atoms with Gasteiger partial charge in [0.05, 0.1) is 0 Å². The molecule has 0 aliphatic heterocycles. The Balaban J connectivity index is 2.02. The highest BCUT2D eigenvalue weighted by Crippen LogP contribution is 2.55. The zero-order chi connectivity index (χ0) is 8.29. The smallest absolute Gasteiger partial charge is 0.202 e. The second-order valence-electron chi connectivity index (χ2n) is 4.44. The summed E-state index contributed by atoms with van der Waals surface area (Å²) in [6.45, 7) is 0. The Morgan fingerprint density at radius 3 is 1.92 bits per heavy atom. The van der Waals surface area contributed by atoms with E-state index in [0.717, 1.165) is 6.42 Å². The largest absolute Gasteiger partial charge is 0.291 e. The number of rotatable bonds is 0. The van der Waals surface area contributed by atoms with Gasteiger partial charge in [0.15, 0.2) is 0 Å². The lowest BCUT2D eigenvalue weighted by atomic mass is 9.80. The molecule has 0 aromatic rings. The van der Waals surface area contributed by atoms with Gasteiger partial charge in [-0.1, -0.05) is 6.42 Å². The van der Waals surface area contributed by atoms with E-state index in [2.05, 4.69) is 0 Å². The van der Waals surface area contributed by atoms with E-state index in [-0.39, 0.29) is 23.4 Å². The summed E-state index contributed by atoms with van der Waals surface area (Å²) in [7, 11) is 0. The lowest BCUT2D eigenvalue weighted by molar-refractivity contribution is -0.141. The van der Waals surface area contributed by atoms with Gasteiger partial charge in [-0.05, 0) is 31.1 Å². The standard InChI is InChI=1S/C10H12O2/c11-9-7-4-8(10(9)12)6-3-1-2-5(6)7/h5-8H,1-4H2/t5-,6+,7+,8-. The third-order valence-electron chi connectivity index (χ3n) is 4.08. The SMILES string of the molecule is O=C1C(=O)[C@@H]2C[C@H]1[C@@H]1CCC[C@@H]12.